The van der Waals surface area contributed by atoms with Crippen LogP contribution in [-0.4, -0.2) is 19.6 Å². The number of aromatic hydroxyl groups is 1. The smallest absolute Gasteiger partial charge is 0.149 e. The van der Waals surface area contributed by atoms with Gasteiger partial charge in [0.25, 0.3) is 0 Å². The Morgan fingerprint density at radius 1 is 0.540 bits per heavy atom. The molecule has 0 spiro atoms. The monoisotopic (exact) mass is 824 g/mol. The predicted octanol–water partition coefficient (Wildman–Crippen LogP) is 15.6. The molecule has 2 aromatic heterocycles. The van der Waals surface area contributed by atoms with Crippen molar-refractivity contribution in [1.29, 1.82) is 0 Å². The lowest BCUT2D eigenvalue weighted by molar-refractivity contribution is 0.472. The third-order valence-corrected chi connectivity index (χ3v) is 12.1. The van der Waals surface area contributed by atoms with E-state index in [9.17, 15) is 5.11 Å². The molecule has 9 aromatic rings. The van der Waals surface area contributed by atoms with Crippen LogP contribution in [0, 0.1) is 20.7 Å². The van der Waals surface area contributed by atoms with Gasteiger partial charge in [0, 0.05) is 21.4 Å². The van der Waals surface area contributed by atoms with Crippen molar-refractivity contribution in [3.05, 3.63) is 192 Å². The Morgan fingerprint density at radius 3 is 1.95 bits per heavy atom. The molecule has 0 aliphatic carbocycles. The summed E-state index contributed by atoms with van der Waals surface area (Å²) in [6.45, 7) is 14.6. The molecule has 7 aromatic carbocycles. The lowest BCUT2D eigenvalue weighted by atomic mass is 9.78. The van der Waals surface area contributed by atoms with Crippen LogP contribution in [0.5, 0.6) is 5.75 Å². The molecule has 0 aliphatic heterocycles. The van der Waals surface area contributed by atoms with Crippen LogP contribution in [0.4, 0.5) is 0 Å². The average molecular weight is 825 g/mol. The zero-order chi connectivity index (χ0) is 46.7. The van der Waals surface area contributed by atoms with Gasteiger partial charge in [-0.1, -0.05) is 151 Å². The Balaban J connectivity index is 1.32. The van der Waals surface area contributed by atoms with Gasteiger partial charge in [-0.3, -0.25) is 9.55 Å². The number of imidazole rings is 1. The van der Waals surface area contributed by atoms with E-state index in [1.54, 1.807) is 0 Å². The Labute approximate surface area is 376 Å². The van der Waals surface area contributed by atoms with E-state index < -0.39 is 6.85 Å². The lowest BCUT2D eigenvalue weighted by Crippen LogP contribution is -2.13. The van der Waals surface area contributed by atoms with Gasteiger partial charge in [-0.25, -0.2) is 4.98 Å². The number of rotatable bonds is 7. The minimum Gasteiger partial charge on any atom is -0.507 e. The van der Waals surface area contributed by atoms with E-state index in [1.165, 1.54) is 0 Å². The summed E-state index contributed by atoms with van der Waals surface area (Å²) in [7, 11) is 0. The van der Waals surface area contributed by atoms with Gasteiger partial charge in [-0.05, 0) is 147 Å². The normalized spacial score (nSPS) is 12.9. The van der Waals surface area contributed by atoms with E-state index in [1.807, 2.05) is 110 Å². The third kappa shape index (κ3) is 7.87. The second-order valence-corrected chi connectivity index (χ2v) is 18.8. The molecule has 312 valence electrons. The molecule has 0 saturated heterocycles. The predicted molar refractivity (Wildman–Crippen MR) is 265 cm³/mol. The summed E-state index contributed by atoms with van der Waals surface area (Å²) in [6, 6.07) is 53.5. The van der Waals surface area contributed by atoms with Gasteiger partial charge in [0.2, 0.25) is 0 Å². The van der Waals surface area contributed by atoms with Crippen LogP contribution in [0.2, 0.25) is 0 Å². The topological polar surface area (TPSA) is 50.9 Å². The number of nitrogens with zero attached hydrogens (tertiary/aromatic N) is 3. The maximum Gasteiger partial charge on any atom is 0.149 e. The number of benzene rings is 7. The van der Waals surface area contributed by atoms with E-state index >= 15 is 0 Å². The van der Waals surface area contributed by atoms with Crippen LogP contribution in [-0.2, 0) is 10.8 Å². The minimum atomic E-state index is -2.53. The SMILES string of the molecule is [2H]C([2H])([2H])c1cc(-c2c(-c3ccccc3)cccc2C(C)(C)C)ccc1-n1c(-c2cc(C)cc(C)c2O)nc2c(-c3cc(-c4cc(-c5ccccc5)ccn4)cc(C(C)(C)C)c3)cccc21. The van der Waals surface area contributed by atoms with E-state index in [0.29, 0.717) is 33.7 Å². The highest BCUT2D eigenvalue weighted by molar-refractivity contribution is 5.97. The Bertz CT molecular complexity index is 3280. The van der Waals surface area contributed by atoms with E-state index in [0.717, 1.165) is 72.5 Å². The Kier molecular flexibility index (Phi) is 9.58. The first-order chi connectivity index (χ1) is 31.4. The van der Waals surface area contributed by atoms with Crippen LogP contribution in [0.3, 0.4) is 0 Å². The van der Waals surface area contributed by atoms with Crippen molar-refractivity contribution in [2.45, 2.75) is 73.1 Å². The lowest BCUT2D eigenvalue weighted by Gasteiger charge is -2.26. The number of hydrogen-bond donors (Lipinski definition) is 1. The number of phenolic OH excluding ortho intramolecular Hbond substituents is 1. The van der Waals surface area contributed by atoms with Crippen LogP contribution in [0.1, 0.15) is 73.5 Å². The molecule has 0 saturated carbocycles. The van der Waals surface area contributed by atoms with Crippen LogP contribution in [0.15, 0.2) is 164 Å². The molecular formula is C59H55N3O. The quantitative estimate of drug-likeness (QED) is 0.174. The van der Waals surface area contributed by atoms with Crippen molar-refractivity contribution in [3.63, 3.8) is 0 Å². The highest BCUT2D eigenvalue weighted by Crippen LogP contribution is 2.44. The zero-order valence-corrected chi connectivity index (χ0v) is 37.4. The summed E-state index contributed by atoms with van der Waals surface area (Å²) in [4.78, 5) is 10.3. The molecule has 4 nitrogen and oxygen atoms in total. The van der Waals surface area contributed by atoms with Crippen molar-refractivity contribution < 1.29 is 9.22 Å². The molecule has 63 heavy (non-hydrogen) atoms. The number of pyridine rings is 1. The molecule has 4 heteroatoms. The first-order valence-electron chi connectivity index (χ1n) is 23.2. The third-order valence-electron chi connectivity index (χ3n) is 12.1. The van der Waals surface area contributed by atoms with Crippen LogP contribution >= 0.6 is 0 Å². The number of aromatic nitrogens is 3. The number of phenols is 1. The first kappa shape index (κ1) is 37.7. The van der Waals surface area contributed by atoms with Gasteiger partial charge < -0.3 is 5.11 Å². The van der Waals surface area contributed by atoms with Crippen molar-refractivity contribution in [1.82, 2.24) is 14.5 Å². The van der Waals surface area contributed by atoms with E-state index in [-0.39, 0.29) is 22.1 Å². The Hall–Kier alpha value is -7.04. The van der Waals surface area contributed by atoms with Gasteiger partial charge in [0.1, 0.15) is 11.6 Å². The standard InChI is InChI=1S/C59H55N3O/c1-37-30-39(3)56(63)49(31-37)57-61-55-48(44-33-45(35-46(34-44)58(4,5)6)51-36-42(28-29-60-51)40-18-12-10-13-19-40)23-17-25-53(55)62(57)52-27-26-43(32-38(52)2)54-47(41-20-14-11-15-21-41)22-16-24-50(54)59(7,8)9/h10-36,63H,1-9H3/i2D3. The molecule has 2 heterocycles. The Morgan fingerprint density at radius 2 is 1.24 bits per heavy atom. The molecule has 0 fully saturated rings. The van der Waals surface area contributed by atoms with Gasteiger partial charge in [-0.15, -0.1) is 0 Å². The average Bonchev–Trinajstić information content (AvgIpc) is 3.69. The van der Waals surface area contributed by atoms with Crippen molar-refractivity contribution >= 4 is 11.0 Å². The van der Waals surface area contributed by atoms with Crippen molar-refractivity contribution in [2.75, 3.05) is 0 Å². The molecule has 0 bridgehead atoms. The number of hydrogen-bond acceptors (Lipinski definition) is 3. The molecule has 0 radical (unpaired) electrons. The summed E-state index contributed by atoms with van der Waals surface area (Å²) < 4.78 is 29.4. The molecule has 0 atom stereocenters. The molecule has 9 rings (SSSR count). The van der Waals surface area contributed by atoms with Gasteiger partial charge in [0.05, 0.1) is 28.0 Å². The molecule has 0 unspecified atom stereocenters. The number of para-hydroxylation sites is 1. The fraction of sp³-hybridized carbons (Fsp3) is 0.186. The van der Waals surface area contributed by atoms with E-state index in [4.69, 9.17) is 14.1 Å². The largest absolute Gasteiger partial charge is 0.507 e. The molecule has 1 N–H and O–H groups in total. The summed E-state index contributed by atoms with van der Waals surface area (Å²) >= 11 is 0. The van der Waals surface area contributed by atoms with Crippen LogP contribution in [0.25, 0.3) is 83.9 Å². The second kappa shape index (κ2) is 16.0. The maximum atomic E-state index is 11.8. The first-order valence-corrected chi connectivity index (χ1v) is 21.7. The summed E-state index contributed by atoms with van der Waals surface area (Å²) in [5.74, 6) is 0.545. The van der Waals surface area contributed by atoms with Gasteiger partial charge >= 0.3 is 0 Å². The van der Waals surface area contributed by atoms with E-state index in [2.05, 4.69) is 114 Å². The van der Waals surface area contributed by atoms with Crippen molar-refractivity contribution in [2.24, 2.45) is 0 Å². The second-order valence-electron chi connectivity index (χ2n) is 18.8. The summed E-state index contributed by atoms with van der Waals surface area (Å²) in [5, 5.41) is 11.8. The zero-order valence-electron chi connectivity index (χ0n) is 40.4. The van der Waals surface area contributed by atoms with Gasteiger partial charge in [-0.2, -0.15) is 0 Å². The summed E-state index contributed by atoms with van der Waals surface area (Å²) in [6.07, 6.45) is 1.87. The van der Waals surface area contributed by atoms with Gasteiger partial charge in [0.15, 0.2) is 0 Å². The van der Waals surface area contributed by atoms with Crippen molar-refractivity contribution in [3.8, 4) is 78.6 Å². The fourth-order valence-electron chi connectivity index (χ4n) is 8.88. The number of aryl methyl sites for hydroxylation is 3. The minimum absolute atomic E-state index is 0.0961. The molecular weight excluding hydrogens is 767 g/mol. The highest BCUT2D eigenvalue weighted by atomic mass is 16.3. The summed E-state index contributed by atoms with van der Waals surface area (Å²) in [5.41, 5.74) is 15.8. The maximum absolute atomic E-state index is 11.8. The molecule has 0 amide bonds. The number of fused-ring (bicyclic) bond motifs is 1. The molecule has 0 aliphatic rings. The highest BCUT2D eigenvalue weighted by Gasteiger charge is 2.26. The van der Waals surface area contributed by atoms with Crippen LogP contribution < -0.4 is 0 Å². The fourth-order valence-corrected chi connectivity index (χ4v) is 8.88.